The molecular weight excluding hydrogens is 341 g/mol. The van der Waals surface area contributed by atoms with Gasteiger partial charge in [0.15, 0.2) is 5.82 Å². The standard InChI is InChI=1S/C15H11Cl2N3OS/c16-12-5-13(17)15(19-7-12)20-14(21)9-22-8-11-3-1-10(6-18)2-4-11/h1-5,7H,8-9H2,(H,19,20,21). The Balaban J connectivity index is 1.81. The van der Waals surface area contributed by atoms with E-state index in [4.69, 9.17) is 28.5 Å². The zero-order valence-electron chi connectivity index (χ0n) is 11.3. The number of halogens is 2. The molecule has 1 heterocycles. The lowest BCUT2D eigenvalue weighted by atomic mass is 10.2. The van der Waals surface area contributed by atoms with E-state index in [0.29, 0.717) is 27.2 Å². The zero-order valence-corrected chi connectivity index (χ0v) is 13.7. The molecular formula is C15H11Cl2N3OS. The van der Waals surface area contributed by atoms with Crippen LogP contribution in [0.2, 0.25) is 10.0 Å². The summed E-state index contributed by atoms with van der Waals surface area (Å²) in [6, 6.07) is 10.9. The van der Waals surface area contributed by atoms with Crippen LogP contribution in [0.15, 0.2) is 36.5 Å². The second kappa shape index (κ2) is 8.04. The van der Waals surface area contributed by atoms with Crippen molar-refractivity contribution in [2.24, 2.45) is 0 Å². The molecule has 0 bridgehead atoms. The second-order valence-electron chi connectivity index (χ2n) is 4.33. The Morgan fingerprint density at radius 1 is 1.32 bits per heavy atom. The normalized spacial score (nSPS) is 10.0. The van der Waals surface area contributed by atoms with Crippen LogP contribution in [0.1, 0.15) is 11.1 Å². The van der Waals surface area contributed by atoms with Gasteiger partial charge in [-0.15, -0.1) is 11.8 Å². The minimum Gasteiger partial charge on any atom is -0.309 e. The minimum absolute atomic E-state index is 0.185. The van der Waals surface area contributed by atoms with Crippen molar-refractivity contribution in [1.82, 2.24) is 4.98 Å². The zero-order chi connectivity index (χ0) is 15.9. The Morgan fingerprint density at radius 2 is 2.05 bits per heavy atom. The lowest BCUT2D eigenvalue weighted by Crippen LogP contribution is -2.15. The molecule has 0 aliphatic heterocycles. The van der Waals surface area contributed by atoms with Gasteiger partial charge in [0.05, 0.1) is 27.4 Å². The predicted octanol–water partition coefficient (Wildman–Crippen LogP) is 4.13. The summed E-state index contributed by atoms with van der Waals surface area (Å²) in [7, 11) is 0. The molecule has 0 unspecified atom stereocenters. The predicted molar refractivity (Wildman–Crippen MR) is 90.2 cm³/mol. The third-order valence-corrected chi connectivity index (χ3v) is 4.15. The van der Waals surface area contributed by atoms with Gasteiger partial charge in [-0.25, -0.2) is 4.98 Å². The summed E-state index contributed by atoms with van der Waals surface area (Å²) < 4.78 is 0. The Morgan fingerprint density at radius 3 is 2.68 bits per heavy atom. The maximum atomic E-state index is 11.8. The van der Waals surface area contributed by atoms with Crippen molar-refractivity contribution in [3.05, 3.63) is 57.7 Å². The maximum Gasteiger partial charge on any atom is 0.235 e. The fourth-order valence-corrected chi connectivity index (χ4v) is 2.83. The number of carbonyl (C=O) groups is 1. The van der Waals surface area contributed by atoms with Gasteiger partial charge in [-0.05, 0) is 23.8 Å². The van der Waals surface area contributed by atoms with Crippen LogP contribution in [0.4, 0.5) is 5.82 Å². The average Bonchev–Trinajstić information content (AvgIpc) is 2.51. The molecule has 1 aromatic heterocycles. The maximum absolute atomic E-state index is 11.8. The molecule has 112 valence electrons. The van der Waals surface area contributed by atoms with E-state index < -0.39 is 0 Å². The van der Waals surface area contributed by atoms with Gasteiger partial charge in [0.2, 0.25) is 5.91 Å². The van der Waals surface area contributed by atoms with Gasteiger partial charge in [0.1, 0.15) is 0 Å². The fourth-order valence-electron chi connectivity index (χ4n) is 1.61. The van der Waals surface area contributed by atoms with Gasteiger partial charge < -0.3 is 5.32 Å². The number of nitrogens with zero attached hydrogens (tertiary/aromatic N) is 2. The number of hydrogen-bond acceptors (Lipinski definition) is 4. The topological polar surface area (TPSA) is 65.8 Å². The lowest BCUT2D eigenvalue weighted by molar-refractivity contribution is -0.113. The number of pyridine rings is 1. The molecule has 2 aromatic rings. The van der Waals surface area contributed by atoms with E-state index in [1.165, 1.54) is 24.0 Å². The van der Waals surface area contributed by atoms with Gasteiger partial charge in [-0.1, -0.05) is 35.3 Å². The number of amides is 1. The highest BCUT2D eigenvalue weighted by Gasteiger charge is 2.08. The smallest absolute Gasteiger partial charge is 0.235 e. The van der Waals surface area contributed by atoms with E-state index in [1.807, 2.05) is 12.1 Å². The molecule has 0 aliphatic rings. The van der Waals surface area contributed by atoms with Gasteiger partial charge in [0.25, 0.3) is 0 Å². The van der Waals surface area contributed by atoms with Crippen LogP contribution >= 0.6 is 35.0 Å². The summed E-state index contributed by atoms with van der Waals surface area (Å²) in [5.74, 6) is 1.08. The largest absolute Gasteiger partial charge is 0.309 e. The van der Waals surface area contributed by atoms with Crippen LogP contribution in [0.5, 0.6) is 0 Å². The minimum atomic E-state index is -0.185. The molecule has 1 N–H and O–H groups in total. The highest BCUT2D eigenvalue weighted by atomic mass is 35.5. The van der Waals surface area contributed by atoms with Crippen LogP contribution in [0, 0.1) is 11.3 Å². The average molecular weight is 352 g/mol. The van der Waals surface area contributed by atoms with Crippen molar-refractivity contribution in [3.63, 3.8) is 0 Å². The molecule has 1 amide bonds. The molecule has 7 heteroatoms. The Labute approximate surface area is 142 Å². The first-order valence-electron chi connectivity index (χ1n) is 6.26. The Kier molecular flexibility index (Phi) is 6.08. The number of carbonyl (C=O) groups excluding carboxylic acids is 1. The van der Waals surface area contributed by atoms with Gasteiger partial charge >= 0.3 is 0 Å². The molecule has 22 heavy (non-hydrogen) atoms. The molecule has 0 radical (unpaired) electrons. The van der Waals surface area contributed by atoms with E-state index in [9.17, 15) is 4.79 Å². The quantitative estimate of drug-likeness (QED) is 0.879. The van der Waals surface area contributed by atoms with Gasteiger partial charge in [0, 0.05) is 11.9 Å². The SMILES string of the molecule is N#Cc1ccc(CSCC(=O)Nc2ncc(Cl)cc2Cl)cc1. The third-order valence-electron chi connectivity index (χ3n) is 2.65. The van der Waals surface area contributed by atoms with Crippen molar-refractivity contribution in [2.75, 3.05) is 11.1 Å². The first kappa shape index (κ1) is 16.6. The number of anilines is 1. The first-order valence-corrected chi connectivity index (χ1v) is 8.17. The fraction of sp³-hybridized carbons (Fsp3) is 0.133. The van der Waals surface area contributed by atoms with Crippen LogP contribution in [-0.4, -0.2) is 16.6 Å². The summed E-state index contributed by atoms with van der Waals surface area (Å²) in [6.45, 7) is 0. The van der Waals surface area contributed by atoms with Gasteiger partial charge in [-0.2, -0.15) is 5.26 Å². The first-order chi connectivity index (χ1) is 10.6. The van der Waals surface area contributed by atoms with Crippen LogP contribution in [0.3, 0.4) is 0 Å². The Hall–Kier alpha value is -1.74. The van der Waals surface area contributed by atoms with Crippen molar-refractivity contribution in [1.29, 1.82) is 5.26 Å². The number of thioether (sulfide) groups is 1. The summed E-state index contributed by atoms with van der Waals surface area (Å²) in [5, 5.41) is 12.1. The van der Waals surface area contributed by atoms with E-state index in [1.54, 1.807) is 12.1 Å². The van der Waals surface area contributed by atoms with Crippen LogP contribution in [-0.2, 0) is 10.5 Å². The number of hydrogen-bond donors (Lipinski definition) is 1. The second-order valence-corrected chi connectivity index (χ2v) is 6.16. The molecule has 0 spiro atoms. The molecule has 0 fully saturated rings. The van der Waals surface area contributed by atoms with E-state index in [-0.39, 0.29) is 11.7 Å². The Bertz CT molecular complexity index is 714. The summed E-state index contributed by atoms with van der Waals surface area (Å²) in [4.78, 5) is 15.8. The lowest BCUT2D eigenvalue weighted by Gasteiger charge is -2.06. The molecule has 0 aliphatic carbocycles. The van der Waals surface area contributed by atoms with E-state index >= 15 is 0 Å². The van der Waals surface area contributed by atoms with E-state index in [2.05, 4.69) is 16.4 Å². The monoisotopic (exact) mass is 351 g/mol. The van der Waals surface area contributed by atoms with Crippen LogP contribution in [0.25, 0.3) is 0 Å². The number of nitriles is 1. The molecule has 4 nitrogen and oxygen atoms in total. The third kappa shape index (κ3) is 4.92. The number of aromatic nitrogens is 1. The van der Waals surface area contributed by atoms with E-state index in [0.717, 1.165) is 5.56 Å². The molecule has 2 rings (SSSR count). The summed E-state index contributed by atoms with van der Waals surface area (Å²) >= 11 is 13.1. The molecule has 0 atom stereocenters. The van der Waals surface area contributed by atoms with Crippen molar-refractivity contribution < 1.29 is 4.79 Å². The highest BCUT2D eigenvalue weighted by molar-refractivity contribution is 7.99. The van der Waals surface area contributed by atoms with Crippen molar-refractivity contribution >= 4 is 46.7 Å². The summed E-state index contributed by atoms with van der Waals surface area (Å²) in [6.07, 6.45) is 1.42. The number of nitrogens with one attached hydrogen (secondary N) is 1. The van der Waals surface area contributed by atoms with Gasteiger partial charge in [-0.3, -0.25) is 4.79 Å². The van der Waals surface area contributed by atoms with Crippen LogP contribution < -0.4 is 5.32 Å². The molecule has 0 saturated carbocycles. The van der Waals surface area contributed by atoms with Crippen molar-refractivity contribution in [2.45, 2.75) is 5.75 Å². The highest BCUT2D eigenvalue weighted by Crippen LogP contribution is 2.22. The molecule has 1 aromatic carbocycles. The molecule has 0 saturated heterocycles. The van der Waals surface area contributed by atoms with Crippen molar-refractivity contribution in [3.8, 4) is 6.07 Å². The summed E-state index contributed by atoms with van der Waals surface area (Å²) in [5.41, 5.74) is 1.68. The number of rotatable bonds is 5. The number of benzene rings is 1.